The summed E-state index contributed by atoms with van der Waals surface area (Å²) in [5.41, 5.74) is 1.92. The number of halogens is 2. The molecule has 0 spiro atoms. The fourth-order valence-electron chi connectivity index (χ4n) is 6.67. The van der Waals surface area contributed by atoms with Crippen LogP contribution >= 0.6 is 11.6 Å². The zero-order valence-corrected chi connectivity index (χ0v) is 34.6. The number of hydrogen-bond acceptors (Lipinski definition) is 10. The normalized spacial score (nSPS) is 15.2. The molecule has 0 bridgehead atoms. The fraction of sp³-hybridized carbons (Fsp3) is 0.545. The summed E-state index contributed by atoms with van der Waals surface area (Å²) in [6.07, 6.45) is 19.6. The first-order valence-electron chi connectivity index (χ1n) is 20.9. The summed E-state index contributed by atoms with van der Waals surface area (Å²) < 4.78 is 23.9. The molecule has 0 radical (unpaired) electrons. The van der Waals surface area contributed by atoms with E-state index < -0.39 is 17.8 Å². The van der Waals surface area contributed by atoms with Crippen molar-refractivity contribution < 1.29 is 33.5 Å². The SMILES string of the molecule is CCCCCCCCCCN[C@@H](CC1CC1)c1noc(C)n1.O=C(O)c1ccc(N2CCCC2)c(OCC2CC2)n1.O=C(O)c1cccc(-c2ccc(F)c(Cl)c2)n1. The molecule has 12 nitrogen and oxygen atoms in total. The van der Waals surface area contributed by atoms with E-state index in [9.17, 15) is 14.0 Å². The van der Waals surface area contributed by atoms with Crippen LogP contribution in [0.1, 0.15) is 142 Å². The molecule has 1 saturated heterocycles. The number of aromatic nitrogens is 4. The van der Waals surface area contributed by atoms with Crippen LogP contribution in [0.4, 0.5) is 10.1 Å². The minimum Gasteiger partial charge on any atom is -0.477 e. The third kappa shape index (κ3) is 15.0. The van der Waals surface area contributed by atoms with E-state index in [1.54, 1.807) is 18.2 Å². The summed E-state index contributed by atoms with van der Waals surface area (Å²) in [5.74, 6) is 0.855. The number of rotatable bonds is 20. The lowest BCUT2D eigenvalue weighted by Gasteiger charge is -2.20. The highest BCUT2D eigenvalue weighted by atomic mass is 35.5. The second-order valence-corrected chi connectivity index (χ2v) is 15.9. The van der Waals surface area contributed by atoms with Gasteiger partial charge in [-0.15, -0.1) is 0 Å². The van der Waals surface area contributed by atoms with Gasteiger partial charge in [-0.3, -0.25) is 0 Å². The predicted octanol–water partition coefficient (Wildman–Crippen LogP) is 10.4. The first kappa shape index (κ1) is 44.5. The maximum Gasteiger partial charge on any atom is 0.354 e. The molecule has 58 heavy (non-hydrogen) atoms. The van der Waals surface area contributed by atoms with E-state index in [0.29, 0.717) is 35.6 Å². The van der Waals surface area contributed by atoms with Crippen LogP contribution in [0.25, 0.3) is 11.3 Å². The van der Waals surface area contributed by atoms with Crippen molar-refractivity contribution in [3.8, 4) is 17.1 Å². The monoisotopic (exact) mass is 820 g/mol. The van der Waals surface area contributed by atoms with Crippen molar-refractivity contribution in [3.63, 3.8) is 0 Å². The number of pyridine rings is 2. The second kappa shape index (κ2) is 23.1. The van der Waals surface area contributed by atoms with E-state index in [2.05, 4.69) is 37.2 Å². The first-order chi connectivity index (χ1) is 28.1. The summed E-state index contributed by atoms with van der Waals surface area (Å²) in [4.78, 5) is 36.5. The van der Waals surface area contributed by atoms with Crippen LogP contribution in [0.3, 0.4) is 0 Å². The van der Waals surface area contributed by atoms with E-state index in [-0.39, 0.29) is 22.5 Å². The maximum absolute atomic E-state index is 13.0. The quantitative estimate of drug-likeness (QED) is 0.0724. The molecule has 1 atom stereocenters. The van der Waals surface area contributed by atoms with Crippen molar-refractivity contribution in [1.82, 2.24) is 25.4 Å². The average molecular weight is 821 g/mol. The number of benzene rings is 1. The molecule has 3 aromatic heterocycles. The Labute approximate surface area is 346 Å². The lowest BCUT2D eigenvalue weighted by molar-refractivity contribution is 0.0679. The van der Waals surface area contributed by atoms with E-state index in [4.69, 9.17) is 31.1 Å². The van der Waals surface area contributed by atoms with Crippen LogP contribution < -0.4 is 15.0 Å². The minimum absolute atomic E-state index is 0.0231. The number of aromatic carboxylic acids is 2. The van der Waals surface area contributed by atoms with Crippen LogP contribution in [0.5, 0.6) is 5.88 Å². The van der Waals surface area contributed by atoms with Gasteiger partial charge in [-0.25, -0.2) is 23.9 Å². The number of unbranched alkanes of at least 4 members (excludes halogenated alkanes) is 7. The number of ether oxygens (including phenoxy) is 1. The molecule has 4 heterocycles. The molecule has 3 fully saturated rings. The zero-order valence-electron chi connectivity index (χ0n) is 33.8. The maximum atomic E-state index is 13.0. The van der Waals surface area contributed by atoms with Crippen molar-refractivity contribution >= 4 is 29.2 Å². The molecular formula is C44H58ClFN6O6. The second-order valence-electron chi connectivity index (χ2n) is 15.4. The number of hydrogen-bond donors (Lipinski definition) is 3. The lowest BCUT2D eigenvalue weighted by Crippen LogP contribution is -2.24. The Morgan fingerprint density at radius 1 is 0.897 bits per heavy atom. The zero-order chi connectivity index (χ0) is 41.3. The molecule has 0 amide bonds. The standard InChI is InChI=1S/C18H33N3O.C14H18N2O3.C12H7ClFNO2/c1-3-4-5-6-7-8-9-10-13-19-17(14-16-11-12-16)18-20-15(2)22-21-18;17-14(18)11-5-6-12(16-7-1-2-8-16)13(15-11)19-9-10-3-4-10;13-8-6-7(4-5-9(8)14)10-2-1-3-11(15-10)12(16)17/h16-17,19H,3-14H2,1-2H3;5-6,10H,1-4,7-9H2,(H,17,18);1-6H,(H,16,17)/t17-;;/m0../s1. The molecule has 2 saturated carbocycles. The molecule has 0 unspecified atom stereocenters. The van der Waals surface area contributed by atoms with Gasteiger partial charge in [-0.1, -0.05) is 87.5 Å². The third-order valence-electron chi connectivity index (χ3n) is 10.4. The molecule has 2 aliphatic carbocycles. The molecule has 4 aromatic rings. The van der Waals surface area contributed by atoms with E-state index in [1.807, 2.05) is 13.0 Å². The van der Waals surface area contributed by atoms with Crippen molar-refractivity contribution in [2.45, 2.75) is 116 Å². The Morgan fingerprint density at radius 2 is 1.57 bits per heavy atom. The molecule has 1 aromatic carbocycles. The van der Waals surface area contributed by atoms with E-state index in [0.717, 1.165) is 43.5 Å². The lowest BCUT2D eigenvalue weighted by atomic mass is 10.1. The van der Waals surface area contributed by atoms with Crippen molar-refractivity contribution in [1.29, 1.82) is 0 Å². The minimum atomic E-state index is -1.11. The third-order valence-corrected chi connectivity index (χ3v) is 10.7. The number of aryl methyl sites for hydroxylation is 1. The number of nitrogens with zero attached hydrogens (tertiary/aromatic N) is 5. The summed E-state index contributed by atoms with van der Waals surface area (Å²) in [6.45, 7) is 7.84. The Balaban J connectivity index is 0.000000167. The molecular weight excluding hydrogens is 763 g/mol. The van der Waals surface area contributed by atoms with Crippen LogP contribution in [-0.4, -0.2) is 68.5 Å². The van der Waals surface area contributed by atoms with Gasteiger partial charge in [0.2, 0.25) is 11.8 Å². The van der Waals surface area contributed by atoms with Gasteiger partial charge < -0.3 is 29.7 Å². The van der Waals surface area contributed by atoms with Gasteiger partial charge in [0.1, 0.15) is 11.5 Å². The molecule has 14 heteroatoms. The van der Waals surface area contributed by atoms with E-state index >= 15 is 0 Å². The van der Waals surface area contributed by atoms with Crippen LogP contribution in [0, 0.1) is 24.6 Å². The number of carboxylic acids is 2. The number of carbonyl (C=O) groups is 2. The topological polar surface area (TPSA) is 164 Å². The summed E-state index contributed by atoms with van der Waals surface area (Å²) >= 11 is 5.65. The van der Waals surface area contributed by atoms with Gasteiger partial charge >= 0.3 is 11.9 Å². The summed E-state index contributed by atoms with van der Waals surface area (Å²) in [7, 11) is 0. The van der Waals surface area contributed by atoms with Crippen LogP contribution in [-0.2, 0) is 0 Å². The first-order valence-corrected chi connectivity index (χ1v) is 21.3. The van der Waals surface area contributed by atoms with Gasteiger partial charge in [-0.2, -0.15) is 4.98 Å². The Hall–Kier alpha value is -4.62. The van der Waals surface area contributed by atoms with Crippen molar-refractivity contribution in [2.24, 2.45) is 11.8 Å². The largest absolute Gasteiger partial charge is 0.477 e. The van der Waals surface area contributed by atoms with E-state index in [1.165, 1.54) is 114 Å². The van der Waals surface area contributed by atoms with Gasteiger partial charge in [-0.05, 0) is 99.4 Å². The van der Waals surface area contributed by atoms with Crippen LogP contribution in [0.2, 0.25) is 5.02 Å². The highest BCUT2D eigenvalue weighted by Gasteiger charge is 2.28. The summed E-state index contributed by atoms with van der Waals surface area (Å²) in [5, 5.41) is 25.6. The molecule has 3 aliphatic rings. The van der Waals surface area contributed by atoms with Crippen LogP contribution in [0.15, 0.2) is 53.1 Å². The number of carboxylic acid groups (broad SMARTS) is 2. The summed E-state index contributed by atoms with van der Waals surface area (Å²) in [6, 6.07) is 12.4. The average Bonchev–Trinajstić information content (AvgIpc) is 4.13. The molecule has 7 rings (SSSR count). The van der Waals surface area contributed by atoms with Crippen molar-refractivity contribution in [2.75, 3.05) is 31.1 Å². The Kier molecular flexibility index (Phi) is 17.7. The number of anilines is 1. The van der Waals surface area contributed by atoms with Crippen molar-refractivity contribution in [3.05, 3.63) is 82.5 Å². The van der Waals surface area contributed by atoms with Gasteiger partial charge in [0.25, 0.3) is 0 Å². The highest BCUT2D eigenvalue weighted by Crippen LogP contribution is 2.37. The molecule has 314 valence electrons. The highest BCUT2D eigenvalue weighted by molar-refractivity contribution is 6.31. The Morgan fingerprint density at radius 3 is 2.19 bits per heavy atom. The number of nitrogens with one attached hydrogen (secondary N) is 1. The molecule has 3 N–H and O–H groups in total. The fourth-order valence-corrected chi connectivity index (χ4v) is 6.85. The smallest absolute Gasteiger partial charge is 0.354 e. The van der Waals surface area contributed by atoms with Gasteiger partial charge in [0.05, 0.1) is 29.1 Å². The Bertz CT molecular complexity index is 1900. The predicted molar refractivity (Wildman–Crippen MR) is 222 cm³/mol. The molecule has 1 aliphatic heterocycles. The van der Waals surface area contributed by atoms with Gasteiger partial charge in [0.15, 0.2) is 11.5 Å². The van der Waals surface area contributed by atoms with Gasteiger partial charge in [0, 0.05) is 25.6 Å².